The number of rotatable bonds is 4. The fourth-order valence-corrected chi connectivity index (χ4v) is 4.28. The molecular weight excluding hydrogens is 312 g/mol. The molecule has 8 heteroatoms. The summed E-state index contributed by atoms with van der Waals surface area (Å²) in [7, 11) is 0. The maximum atomic E-state index is 12.5. The van der Waals surface area contributed by atoms with Crippen molar-refractivity contribution in [3.63, 3.8) is 0 Å². The van der Waals surface area contributed by atoms with Crippen molar-refractivity contribution in [1.82, 2.24) is 19.9 Å². The van der Waals surface area contributed by atoms with E-state index in [4.69, 9.17) is 4.52 Å². The molecule has 0 spiro atoms. The monoisotopic (exact) mass is 334 g/mol. The molecule has 1 aromatic heterocycles. The van der Waals surface area contributed by atoms with Gasteiger partial charge in [0.2, 0.25) is 11.8 Å². The van der Waals surface area contributed by atoms with Crippen LogP contribution in [-0.4, -0.2) is 63.1 Å². The van der Waals surface area contributed by atoms with E-state index in [0.717, 1.165) is 19.3 Å². The van der Waals surface area contributed by atoms with E-state index in [9.17, 15) is 14.7 Å². The second kappa shape index (κ2) is 5.54. The molecule has 1 saturated carbocycles. The lowest BCUT2D eigenvalue weighted by molar-refractivity contribution is -0.149. The number of amides is 1. The van der Waals surface area contributed by atoms with Crippen molar-refractivity contribution >= 4 is 11.9 Å². The SMILES string of the molecule is Cc1nc(CN2CC3CN(C(=O)C4CCC4)C[C@@]3(C(=O)O)C2)no1. The number of aliphatic carboxylic acids is 1. The minimum absolute atomic E-state index is 0.0352. The van der Waals surface area contributed by atoms with Crippen molar-refractivity contribution in [3.05, 3.63) is 11.7 Å². The van der Waals surface area contributed by atoms with Crippen LogP contribution in [-0.2, 0) is 16.1 Å². The van der Waals surface area contributed by atoms with Crippen LogP contribution < -0.4 is 0 Å². The van der Waals surface area contributed by atoms with Crippen LogP contribution in [0.2, 0.25) is 0 Å². The zero-order valence-corrected chi connectivity index (χ0v) is 13.8. The number of carbonyl (C=O) groups is 2. The molecule has 1 aliphatic carbocycles. The Morgan fingerprint density at radius 1 is 1.33 bits per heavy atom. The van der Waals surface area contributed by atoms with Crippen molar-refractivity contribution in [1.29, 1.82) is 0 Å². The smallest absolute Gasteiger partial charge is 0.313 e. The van der Waals surface area contributed by atoms with Crippen molar-refractivity contribution in [2.45, 2.75) is 32.7 Å². The lowest BCUT2D eigenvalue weighted by Gasteiger charge is -2.31. The van der Waals surface area contributed by atoms with E-state index < -0.39 is 11.4 Å². The molecule has 1 N–H and O–H groups in total. The molecule has 3 aliphatic rings. The topological polar surface area (TPSA) is 99.8 Å². The molecule has 130 valence electrons. The predicted octanol–water partition coefficient (Wildman–Crippen LogP) is 0.523. The Kier molecular flexibility index (Phi) is 3.59. The summed E-state index contributed by atoms with van der Waals surface area (Å²) in [5.74, 6) is 0.518. The lowest BCUT2D eigenvalue weighted by Crippen LogP contribution is -2.44. The van der Waals surface area contributed by atoms with Gasteiger partial charge in [0.25, 0.3) is 0 Å². The number of fused-ring (bicyclic) bond motifs is 1. The molecule has 0 aromatic carbocycles. The van der Waals surface area contributed by atoms with Crippen LogP contribution in [0, 0.1) is 24.2 Å². The number of hydrogen-bond acceptors (Lipinski definition) is 6. The van der Waals surface area contributed by atoms with Gasteiger partial charge in [0.15, 0.2) is 5.82 Å². The fraction of sp³-hybridized carbons (Fsp3) is 0.750. The minimum atomic E-state index is -0.863. The summed E-state index contributed by atoms with van der Waals surface area (Å²) in [4.78, 5) is 32.5. The highest BCUT2D eigenvalue weighted by molar-refractivity contribution is 5.83. The Labute approximate surface area is 139 Å². The lowest BCUT2D eigenvalue weighted by atomic mass is 9.81. The van der Waals surface area contributed by atoms with Gasteiger partial charge in [-0.05, 0) is 12.8 Å². The van der Waals surface area contributed by atoms with Gasteiger partial charge in [-0.1, -0.05) is 11.6 Å². The quantitative estimate of drug-likeness (QED) is 0.857. The first-order chi connectivity index (χ1) is 11.5. The maximum absolute atomic E-state index is 12.5. The van der Waals surface area contributed by atoms with Gasteiger partial charge >= 0.3 is 5.97 Å². The average molecular weight is 334 g/mol. The highest BCUT2D eigenvalue weighted by Gasteiger charge is 2.58. The molecule has 8 nitrogen and oxygen atoms in total. The number of aryl methyl sites for hydroxylation is 1. The molecule has 0 radical (unpaired) electrons. The van der Waals surface area contributed by atoms with Gasteiger partial charge in [-0.15, -0.1) is 0 Å². The van der Waals surface area contributed by atoms with Crippen LogP contribution >= 0.6 is 0 Å². The molecule has 4 rings (SSSR count). The average Bonchev–Trinajstić information content (AvgIpc) is 3.09. The standard InChI is InChI=1S/C16H22N4O4/c1-10-17-13(18-24-10)7-19-5-12-6-20(14(21)11-3-2-4-11)9-16(12,8-19)15(22)23/h11-12H,2-9H2,1H3,(H,22,23)/t12?,16-/m0/s1. The van der Waals surface area contributed by atoms with Crippen LogP contribution in [0.4, 0.5) is 0 Å². The predicted molar refractivity (Wildman–Crippen MR) is 81.8 cm³/mol. The van der Waals surface area contributed by atoms with Gasteiger partial charge in [-0.2, -0.15) is 4.98 Å². The molecule has 1 amide bonds. The third kappa shape index (κ3) is 2.40. The Morgan fingerprint density at radius 2 is 2.12 bits per heavy atom. The number of likely N-dealkylation sites (tertiary alicyclic amines) is 2. The maximum Gasteiger partial charge on any atom is 0.313 e. The molecule has 24 heavy (non-hydrogen) atoms. The van der Waals surface area contributed by atoms with Gasteiger partial charge in [0.1, 0.15) is 5.41 Å². The Hall–Kier alpha value is -1.96. The van der Waals surface area contributed by atoms with Crippen molar-refractivity contribution in [2.24, 2.45) is 17.3 Å². The van der Waals surface area contributed by atoms with Crippen LogP contribution in [0.1, 0.15) is 31.0 Å². The number of carboxylic acid groups (broad SMARTS) is 1. The van der Waals surface area contributed by atoms with Crippen LogP contribution in [0.5, 0.6) is 0 Å². The summed E-state index contributed by atoms with van der Waals surface area (Å²) in [5, 5.41) is 13.7. The van der Waals surface area contributed by atoms with Crippen molar-refractivity contribution in [2.75, 3.05) is 26.2 Å². The normalized spacial score (nSPS) is 30.4. The summed E-state index contributed by atoms with van der Waals surface area (Å²) in [6, 6.07) is 0. The van der Waals surface area contributed by atoms with E-state index in [1.165, 1.54) is 0 Å². The molecule has 2 saturated heterocycles. The molecule has 1 unspecified atom stereocenters. The zero-order valence-electron chi connectivity index (χ0n) is 13.8. The van der Waals surface area contributed by atoms with Gasteiger partial charge < -0.3 is 14.5 Å². The third-order valence-electron chi connectivity index (χ3n) is 5.81. The second-order valence-corrected chi connectivity index (χ2v) is 7.40. The second-order valence-electron chi connectivity index (χ2n) is 7.40. The Balaban J connectivity index is 1.46. The first-order valence-electron chi connectivity index (χ1n) is 8.52. The molecule has 2 aliphatic heterocycles. The number of nitrogens with zero attached hydrogens (tertiary/aromatic N) is 4. The van der Waals surface area contributed by atoms with E-state index >= 15 is 0 Å². The van der Waals surface area contributed by atoms with E-state index in [1.54, 1.807) is 11.8 Å². The molecule has 3 fully saturated rings. The fourth-order valence-electron chi connectivity index (χ4n) is 4.28. The van der Waals surface area contributed by atoms with Crippen LogP contribution in [0.25, 0.3) is 0 Å². The highest BCUT2D eigenvalue weighted by atomic mass is 16.5. The number of hydrogen-bond donors (Lipinski definition) is 1. The van der Waals surface area contributed by atoms with E-state index in [2.05, 4.69) is 15.0 Å². The summed E-state index contributed by atoms with van der Waals surface area (Å²) >= 11 is 0. The Bertz CT molecular complexity index is 671. The first-order valence-corrected chi connectivity index (χ1v) is 8.52. The van der Waals surface area contributed by atoms with Gasteiger partial charge in [-0.3, -0.25) is 14.5 Å². The largest absolute Gasteiger partial charge is 0.481 e. The van der Waals surface area contributed by atoms with E-state index in [1.807, 2.05) is 0 Å². The van der Waals surface area contributed by atoms with E-state index in [0.29, 0.717) is 44.4 Å². The highest BCUT2D eigenvalue weighted by Crippen LogP contribution is 2.44. The summed E-state index contributed by atoms with van der Waals surface area (Å²) in [5.41, 5.74) is -0.863. The summed E-state index contributed by atoms with van der Waals surface area (Å²) in [6.45, 7) is 4.16. The van der Waals surface area contributed by atoms with Crippen LogP contribution in [0.3, 0.4) is 0 Å². The van der Waals surface area contributed by atoms with Gasteiger partial charge in [-0.25, -0.2) is 0 Å². The minimum Gasteiger partial charge on any atom is -0.481 e. The van der Waals surface area contributed by atoms with Crippen molar-refractivity contribution in [3.8, 4) is 0 Å². The molecular formula is C16H22N4O4. The Morgan fingerprint density at radius 3 is 2.67 bits per heavy atom. The molecule has 0 bridgehead atoms. The van der Waals surface area contributed by atoms with Crippen LogP contribution in [0.15, 0.2) is 4.52 Å². The van der Waals surface area contributed by atoms with Gasteiger partial charge in [0, 0.05) is 44.9 Å². The third-order valence-corrected chi connectivity index (χ3v) is 5.81. The summed E-state index contributed by atoms with van der Waals surface area (Å²) in [6.07, 6.45) is 3.00. The van der Waals surface area contributed by atoms with Gasteiger partial charge in [0.05, 0.1) is 6.54 Å². The summed E-state index contributed by atoms with van der Waals surface area (Å²) < 4.78 is 4.98. The van der Waals surface area contributed by atoms with E-state index in [-0.39, 0.29) is 17.7 Å². The van der Waals surface area contributed by atoms with Crippen molar-refractivity contribution < 1.29 is 19.2 Å². The zero-order chi connectivity index (χ0) is 16.9. The molecule has 1 aromatic rings. The first kappa shape index (κ1) is 15.6. The number of carboxylic acids is 1. The molecule has 2 atom stereocenters. The number of carbonyl (C=O) groups excluding carboxylic acids is 1. The number of aromatic nitrogens is 2. The molecule has 3 heterocycles.